The summed E-state index contributed by atoms with van der Waals surface area (Å²) in [5.41, 5.74) is -2.58. The average Bonchev–Trinajstić information content (AvgIpc) is 2.58. The van der Waals surface area contributed by atoms with Gasteiger partial charge in [0.2, 0.25) is 5.69 Å². The number of hydrogen-bond acceptors (Lipinski definition) is 4. The van der Waals surface area contributed by atoms with E-state index >= 15 is 0 Å². The first-order valence-corrected chi connectivity index (χ1v) is 14.1. The van der Waals surface area contributed by atoms with Crippen LogP contribution in [0.2, 0.25) is 0 Å². The van der Waals surface area contributed by atoms with Gasteiger partial charge in [0.05, 0.1) is 6.10 Å². The quantitative estimate of drug-likeness (QED) is 0.537. The van der Waals surface area contributed by atoms with Crippen LogP contribution < -0.4 is 0 Å². The van der Waals surface area contributed by atoms with E-state index in [2.05, 4.69) is 25.7 Å². The molecular formula is C18H38NO2PS2. The first-order chi connectivity index (χ1) is 11.5. The third kappa shape index (κ3) is 10.1. The summed E-state index contributed by atoms with van der Waals surface area (Å²) >= 11 is 6.89. The molecule has 0 heterocycles. The van der Waals surface area contributed by atoms with E-state index in [9.17, 15) is 4.89 Å². The SMILES string of the molecule is CCN(CC)CC.OP(=S)(OC1CCCCC1)SC1CCCCC1. The molecule has 1 N–H and O–H groups in total. The number of nitrogens with zero attached hydrogens (tertiary/aromatic N) is 1. The van der Waals surface area contributed by atoms with Crippen LogP contribution in [0.5, 0.6) is 0 Å². The molecule has 0 amide bonds. The van der Waals surface area contributed by atoms with Gasteiger partial charge in [-0.1, -0.05) is 70.7 Å². The van der Waals surface area contributed by atoms with Crippen molar-refractivity contribution in [3.63, 3.8) is 0 Å². The standard InChI is InChI=1S/C12H23O2PS2.C6H15N/c13-15(16,14-11-7-3-1-4-8-11)17-12-9-5-2-6-10-12;1-4-7(5-2)6-3/h11-12H,1-10H2,(H,13,16);4-6H2,1-3H3. The Morgan fingerprint density at radius 1 is 0.917 bits per heavy atom. The van der Waals surface area contributed by atoms with E-state index in [0.29, 0.717) is 5.25 Å². The average molecular weight is 396 g/mol. The maximum absolute atomic E-state index is 10.3. The van der Waals surface area contributed by atoms with Gasteiger partial charge in [-0.2, -0.15) is 0 Å². The van der Waals surface area contributed by atoms with E-state index in [-0.39, 0.29) is 6.10 Å². The summed E-state index contributed by atoms with van der Waals surface area (Å²) in [5, 5.41) is 0.545. The van der Waals surface area contributed by atoms with Crippen molar-refractivity contribution in [1.82, 2.24) is 4.90 Å². The second-order valence-corrected chi connectivity index (χ2v) is 13.1. The Morgan fingerprint density at radius 2 is 1.38 bits per heavy atom. The van der Waals surface area contributed by atoms with E-state index in [0.717, 1.165) is 12.8 Å². The molecule has 0 aromatic carbocycles. The summed E-state index contributed by atoms with van der Waals surface area (Å²) in [7, 11) is 0. The van der Waals surface area contributed by atoms with Gasteiger partial charge in [-0.3, -0.25) is 0 Å². The molecule has 0 saturated heterocycles. The van der Waals surface area contributed by atoms with Crippen LogP contribution in [0, 0.1) is 0 Å². The highest BCUT2D eigenvalue weighted by atomic mass is 32.9. The Balaban J connectivity index is 0.000000351. The van der Waals surface area contributed by atoms with E-state index in [1.54, 1.807) is 11.4 Å². The lowest BCUT2D eigenvalue weighted by atomic mass is 9.98. The van der Waals surface area contributed by atoms with Crippen LogP contribution in [-0.4, -0.2) is 40.8 Å². The molecule has 1 unspecified atom stereocenters. The summed E-state index contributed by atoms with van der Waals surface area (Å²) in [5.74, 6) is 0. The van der Waals surface area contributed by atoms with Gasteiger partial charge in [-0.05, 0) is 57.1 Å². The fourth-order valence-corrected chi connectivity index (χ4v) is 8.71. The molecule has 0 aromatic heterocycles. The molecule has 2 aliphatic rings. The van der Waals surface area contributed by atoms with E-state index in [1.165, 1.54) is 71.0 Å². The first-order valence-electron chi connectivity index (χ1n) is 9.92. The second-order valence-electron chi connectivity index (χ2n) is 6.82. The topological polar surface area (TPSA) is 32.7 Å². The van der Waals surface area contributed by atoms with Gasteiger partial charge in [0.25, 0.3) is 0 Å². The summed E-state index contributed by atoms with van der Waals surface area (Å²) < 4.78 is 5.83. The summed E-state index contributed by atoms with van der Waals surface area (Å²) in [4.78, 5) is 12.7. The van der Waals surface area contributed by atoms with E-state index in [4.69, 9.17) is 16.3 Å². The van der Waals surface area contributed by atoms with Crippen LogP contribution in [0.25, 0.3) is 0 Å². The molecule has 2 fully saturated rings. The smallest absolute Gasteiger partial charge is 0.245 e. The highest BCUT2D eigenvalue weighted by Crippen LogP contribution is 2.61. The van der Waals surface area contributed by atoms with Crippen molar-refractivity contribution < 1.29 is 9.42 Å². The van der Waals surface area contributed by atoms with E-state index < -0.39 is 5.69 Å². The highest BCUT2D eigenvalue weighted by molar-refractivity contribution is 8.67. The maximum atomic E-state index is 10.3. The Bertz CT molecular complexity index is 325. The normalized spacial score (nSPS) is 22.7. The van der Waals surface area contributed by atoms with Crippen molar-refractivity contribution in [2.24, 2.45) is 0 Å². The van der Waals surface area contributed by atoms with Gasteiger partial charge in [0.15, 0.2) is 0 Å². The predicted octanol–water partition coefficient (Wildman–Crippen LogP) is 5.97. The molecule has 144 valence electrons. The van der Waals surface area contributed by atoms with Gasteiger partial charge in [-0.25, -0.2) is 0 Å². The van der Waals surface area contributed by atoms with Crippen LogP contribution in [-0.2, 0) is 16.3 Å². The van der Waals surface area contributed by atoms with Crippen LogP contribution >= 0.6 is 17.1 Å². The first kappa shape index (κ1) is 22.9. The predicted molar refractivity (Wildman–Crippen MR) is 112 cm³/mol. The van der Waals surface area contributed by atoms with Gasteiger partial charge in [-0.15, -0.1) is 0 Å². The maximum Gasteiger partial charge on any atom is 0.245 e. The Labute approximate surface area is 159 Å². The molecule has 3 nitrogen and oxygen atoms in total. The molecule has 6 heteroatoms. The van der Waals surface area contributed by atoms with Crippen LogP contribution in [0.4, 0.5) is 0 Å². The molecule has 0 spiro atoms. The Kier molecular flexibility index (Phi) is 12.5. The summed E-state index contributed by atoms with van der Waals surface area (Å²) in [6.07, 6.45) is 12.5. The zero-order valence-electron chi connectivity index (χ0n) is 15.9. The molecule has 0 aromatic rings. The van der Waals surface area contributed by atoms with Crippen molar-refractivity contribution in [2.45, 2.75) is 96.3 Å². The summed E-state index contributed by atoms with van der Waals surface area (Å²) in [6.45, 7) is 10.1. The van der Waals surface area contributed by atoms with Gasteiger partial charge >= 0.3 is 0 Å². The van der Waals surface area contributed by atoms with Crippen molar-refractivity contribution in [3.8, 4) is 0 Å². The third-order valence-electron chi connectivity index (χ3n) is 5.01. The van der Waals surface area contributed by atoms with E-state index in [1.807, 2.05) is 0 Å². The minimum atomic E-state index is -2.58. The van der Waals surface area contributed by atoms with Crippen molar-refractivity contribution >= 4 is 28.9 Å². The number of hydrogen-bond donors (Lipinski definition) is 1. The third-order valence-corrected chi connectivity index (χ3v) is 9.60. The minimum absolute atomic E-state index is 0.232. The van der Waals surface area contributed by atoms with Crippen molar-refractivity contribution in [1.29, 1.82) is 0 Å². The summed E-state index contributed by atoms with van der Waals surface area (Å²) in [6, 6.07) is 0. The minimum Gasteiger partial charge on any atom is -0.337 e. The second kappa shape index (κ2) is 13.1. The zero-order valence-corrected chi connectivity index (χ0v) is 18.4. The van der Waals surface area contributed by atoms with Crippen molar-refractivity contribution in [3.05, 3.63) is 0 Å². The molecule has 2 aliphatic carbocycles. The highest BCUT2D eigenvalue weighted by Gasteiger charge is 2.27. The largest absolute Gasteiger partial charge is 0.337 e. The lowest BCUT2D eigenvalue weighted by Gasteiger charge is -2.29. The molecule has 0 bridgehead atoms. The van der Waals surface area contributed by atoms with Gasteiger partial charge < -0.3 is 14.3 Å². The molecule has 2 saturated carbocycles. The molecule has 0 radical (unpaired) electrons. The fourth-order valence-electron chi connectivity index (χ4n) is 3.41. The van der Waals surface area contributed by atoms with Crippen molar-refractivity contribution in [2.75, 3.05) is 19.6 Å². The molecular weight excluding hydrogens is 357 g/mol. The molecule has 2 rings (SSSR count). The molecule has 1 atom stereocenters. The number of rotatable bonds is 7. The van der Waals surface area contributed by atoms with Crippen LogP contribution in [0.3, 0.4) is 0 Å². The Hall–Kier alpha value is 0.880. The van der Waals surface area contributed by atoms with Gasteiger partial charge in [0.1, 0.15) is 0 Å². The monoisotopic (exact) mass is 395 g/mol. The Morgan fingerprint density at radius 3 is 1.79 bits per heavy atom. The molecule has 24 heavy (non-hydrogen) atoms. The van der Waals surface area contributed by atoms with Crippen LogP contribution in [0.15, 0.2) is 0 Å². The van der Waals surface area contributed by atoms with Gasteiger partial charge in [0, 0.05) is 5.25 Å². The fraction of sp³-hybridized carbons (Fsp3) is 1.00. The lowest BCUT2D eigenvalue weighted by molar-refractivity contribution is 0.161. The molecule has 0 aliphatic heterocycles. The lowest BCUT2D eigenvalue weighted by Crippen LogP contribution is -2.21. The van der Waals surface area contributed by atoms with Crippen LogP contribution in [0.1, 0.15) is 85.0 Å². The zero-order chi connectivity index (χ0) is 17.8.